The molecule has 2 N–H and O–H groups in total. The maximum atomic E-state index is 12.7. The van der Waals surface area contributed by atoms with Gasteiger partial charge in [-0.05, 0) is 6.07 Å². The Kier molecular flexibility index (Phi) is 4.77. The van der Waals surface area contributed by atoms with E-state index in [1.54, 1.807) is 0 Å². The maximum absolute atomic E-state index is 12.7. The molecule has 0 aliphatic rings. The zero-order valence-electron chi connectivity index (χ0n) is 9.29. The topological polar surface area (TPSA) is 82.3 Å². The molecule has 1 rings (SSSR count). The molecule has 0 aromatic carbocycles. The van der Waals surface area contributed by atoms with Gasteiger partial charge < -0.3 is 10.5 Å². The van der Waals surface area contributed by atoms with E-state index in [0.717, 1.165) is 0 Å². The Bertz CT molecular complexity index is 605. The highest BCUT2D eigenvalue weighted by molar-refractivity contribution is 8.13. The van der Waals surface area contributed by atoms with E-state index in [0.29, 0.717) is 0 Å². The largest absolute Gasteiger partial charge is 0.574 e. The molecule has 0 aliphatic heterocycles. The lowest BCUT2D eigenvalue weighted by atomic mass is 10.2. The molecule has 12 heteroatoms. The van der Waals surface area contributed by atoms with Crippen molar-refractivity contribution in [2.45, 2.75) is 24.2 Å². The van der Waals surface area contributed by atoms with Crippen molar-refractivity contribution in [1.29, 1.82) is 0 Å². The Morgan fingerprint density at radius 1 is 1.40 bits per heavy atom. The Labute approximate surface area is 113 Å². The number of hydrogen-bond donors (Lipinski definition) is 1. The van der Waals surface area contributed by atoms with Crippen LogP contribution in [-0.4, -0.2) is 19.8 Å². The summed E-state index contributed by atoms with van der Waals surface area (Å²) >= 11 is 0. The third-order valence-corrected chi connectivity index (χ3v) is 3.34. The highest BCUT2D eigenvalue weighted by Crippen LogP contribution is 2.34. The third-order valence-electron chi connectivity index (χ3n) is 1.96. The summed E-state index contributed by atoms with van der Waals surface area (Å²) in [6.45, 7) is -0.640. The van der Waals surface area contributed by atoms with Crippen LogP contribution in [0.2, 0.25) is 0 Å². The van der Waals surface area contributed by atoms with Crippen LogP contribution < -0.4 is 10.5 Å². The van der Waals surface area contributed by atoms with Crippen molar-refractivity contribution in [2.75, 3.05) is 0 Å². The van der Waals surface area contributed by atoms with Gasteiger partial charge in [-0.2, -0.15) is 0 Å². The van der Waals surface area contributed by atoms with Crippen LogP contribution in [0.3, 0.4) is 0 Å². The van der Waals surface area contributed by atoms with E-state index in [-0.39, 0.29) is 6.07 Å². The fourth-order valence-corrected chi connectivity index (χ4v) is 2.31. The minimum Gasteiger partial charge on any atom is -0.387 e. The molecule has 5 nitrogen and oxygen atoms in total. The Morgan fingerprint density at radius 2 is 1.95 bits per heavy atom. The van der Waals surface area contributed by atoms with Gasteiger partial charge in [-0.15, -0.1) is 13.2 Å². The first-order chi connectivity index (χ1) is 8.95. The van der Waals surface area contributed by atoms with Crippen molar-refractivity contribution in [2.24, 2.45) is 5.73 Å². The first-order valence-corrected chi connectivity index (χ1v) is 6.99. The summed E-state index contributed by atoms with van der Waals surface area (Å²) in [6.07, 6.45) is -8.73. The van der Waals surface area contributed by atoms with Gasteiger partial charge in [0.15, 0.2) is 0 Å². The smallest absolute Gasteiger partial charge is 0.387 e. The standard InChI is InChI=1S/C8H6ClF5N2O3S/c9-20(17,18)5-1-3(6(10)11)7(16-4(5)2-15)19-8(12,13)14/h1,6H,2,15H2. The molecule has 1 heterocycles. The van der Waals surface area contributed by atoms with Crippen LogP contribution in [-0.2, 0) is 15.6 Å². The van der Waals surface area contributed by atoms with E-state index in [4.69, 9.17) is 16.4 Å². The fourth-order valence-electron chi connectivity index (χ4n) is 1.23. The fraction of sp³-hybridized carbons (Fsp3) is 0.375. The predicted molar refractivity (Wildman–Crippen MR) is 56.8 cm³/mol. The Balaban J connectivity index is 3.54. The molecule has 0 unspecified atom stereocenters. The Morgan fingerprint density at radius 3 is 2.30 bits per heavy atom. The molecular weight excluding hydrogens is 335 g/mol. The van der Waals surface area contributed by atoms with E-state index >= 15 is 0 Å². The molecule has 0 radical (unpaired) electrons. The SMILES string of the molecule is NCc1nc(OC(F)(F)F)c(C(F)F)cc1S(=O)(=O)Cl. The predicted octanol–water partition coefficient (Wildman–Crippen LogP) is 2.30. The van der Waals surface area contributed by atoms with Crippen molar-refractivity contribution in [1.82, 2.24) is 4.98 Å². The number of rotatable bonds is 4. The molecule has 1 aromatic heterocycles. The Hall–Kier alpha value is -1.20. The molecule has 0 spiro atoms. The molecule has 0 amide bonds. The number of pyridine rings is 1. The van der Waals surface area contributed by atoms with Crippen LogP contribution in [0.4, 0.5) is 22.0 Å². The summed E-state index contributed by atoms with van der Waals surface area (Å²) in [6, 6.07) is 0.253. The van der Waals surface area contributed by atoms with Gasteiger partial charge in [0.1, 0.15) is 4.90 Å². The lowest BCUT2D eigenvalue weighted by Crippen LogP contribution is -2.20. The molecule has 0 fully saturated rings. The normalized spacial score (nSPS) is 12.8. The molecule has 0 bridgehead atoms. The molecule has 0 aliphatic carbocycles. The monoisotopic (exact) mass is 340 g/mol. The summed E-state index contributed by atoms with van der Waals surface area (Å²) in [5.41, 5.74) is 3.11. The summed E-state index contributed by atoms with van der Waals surface area (Å²) in [4.78, 5) is 2.16. The average molecular weight is 341 g/mol. The molecule has 1 aromatic rings. The molecule has 0 saturated carbocycles. The number of nitrogens with two attached hydrogens (primary N) is 1. The zero-order chi connectivity index (χ0) is 15.7. The summed E-state index contributed by atoms with van der Waals surface area (Å²) < 4.78 is 87.1. The number of hydrogen-bond acceptors (Lipinski definition) is 5. The maximum Gasteiger partial charge on any atom is 0.574 e. The van der Waals surface area contributed by atoms with Crippen LogP contribution >= 0.6 is 10.7 Å². The van der Waals surface area contributed by atoms with E-state index in [1.807, 2.05) is 0 Å². The summed E-state index contributed by atoms with van der Waals surface area (Å²) in [5.74, 6) is -1.47. The van der Waals surface area contributed by atoms with Gasteiger partial charge in [-0.25, -0.2) is 22.2 Å². The van der Waals surface area contributed by atoms with E-state index < -0.39 is 50.4 Å². The summed E-state index contributed by atoms with van der Waals surface area (Å²) in [7, 11) is 0.471. The molecule has 0 saturated heterocycles. The van der Waals surface area contributed by atoms with Gasteiger partial charge in [0.05, 0.1) is 11.3 Å². The van der Waals surface area contributed by atoms with Gasteiger partial charge in [-0.1, -0.05) is 0 Å². The van der Waals surface area contributed by atoms with E-state index in [2.05, 4.69) is 9.72 Å². The van der Waals surface area contributed by atoms with Crippen LogP contribution in [0.1, 0.15) is 17.7 Å². The quantitative estimate of drug-likeness (QED) is 0.672. The third kappa shape index (κ3) is 4.15. The van der Waals surface area contributed by atoms with Crippen LogP contribution in [0.15, 0.2) is 11.0 Å². The van der Waals surface area contributed by atoms with Crippen molar-refractivity contribution < 1.29 is 35.1 Å². The van der Waals surface area contributed by atoms with Crippen LogP contribution in [0.5, 0.6) is 5.88 Å². The minimum atomic E-state index is -5.27. The minimum absolute atomic E-state index is 0.253. The van der Waals surface area contributed by atoms with Crippen molar-refractivity contribution >= 4 is 19.7 Å². The number of nitrogens with zero attached hydrogens (tertiary/aromatic N) is 1. The second kappa shape index (κ2) is 5.66. The van der Waals surface area contributed by atoms with Gasteiger partial charge in [0.2, 0.25) is 5.88 Å². The first-order valence-electron chi connectivity index (χ1n) is 4.68. The molecule has 20 heavy (non-hydrogen) atoms. The van der Waals surface area contributed by atoms with E-state index in [1.165, 1.54) is 0 Å². The van der Waals surface area contributed by atoms with Crippen LogP contribution in [0.25, 0.3) is 0 Å². The molecule has 0 atom stereocenters. The number of aromatic nitrogens is 1. The van der Waals surface area contributed by atoms with Gasteiger partial charge in [0, 0.05) is 17.2 Å². The van der Waals surface area contributed by atoms with Crippen LogP contribution in [0, 0.1) is 0 Å². The molecule has 114 valence electrons. The van der Waals surface area contributed by atoms with Gasteiger partial charge in [-0.3, -0.25) is 0 Å². The highest BCUT2D eigenvalue weighted by Gasteiger charge is 2.35. The number of ether oxygens (including phenoxy) is 1. The molecular formula is C8H6ClF5N2O3S. The summed E-state index contributed by atoms with van der Waals surface area (Å²) in [5, 5.41) is 0. The van der Waals surface area contributed by atoms with Gasteiger partial charge in [0.25, 0.3) is 15.5 Å². The second-order valence-corrected chi connectivity index (χ2v) is 5.85. The number of alkyl halides is 5. The number of halogens is 6. The second-order valence-electron chi connectivity index (χ2n) is 3.32. The highest BCUT2D eigenvalue weighted by atomic mass is 35.7. The first kappa shape index (κ1) is 16.9. The van der Waals surface area contributed by atoms with E-state index in [9.17, 15) is 30.4 Å². The van der Waals surface area contributed by atoms with Crippen molar-refractivity contribution in [3.05, 3.63) is 17.3 Å². The van der Waals surface area contributed by atoms with Crippen molar-refractivity contribution in [3.63, 3.8) is 0 Å². The zero-order valence-corrected chi connectivity index (χ0v) is 10.9. The lowest BCUT2D eigenvalue weighted by molar-refractivity contribution is -0.276. The average Bonchev–Trinajstić information content (AvgIpc) is 2.24. The van der Waals surface area contributed by atoms with Gasteiger partial charge >= 0.3 is 6.36 Å². The van der Waals surface area contributed by atoms with Crippen molar-refractivity contribution in [3.8, 4) is 5.88 Å². The lowest BCUT2D eigenvalue weighted by Gasteiger charge is -2.14.